The Morgan fingerprint density at radius 1 is 1.11 bits per heavy atom. The highest BCUT2D eigenvalue weighted by molar-refractivity contribution is 6.04. The molecule has 190 valence electrons. The molecule has 0 bridgehead atoms. The summed E-state index contributed by atoms with van der Waals surface area (Å²) in [6.45, 7) is 3.79. The van der Waals surface area contributed by atoms with E-state index < -0.39 is 18.1 Å². The number of methoxy groups -OCH3 is 4. The first-order chi connectivity index (χ1) is 16.7. The molecule has 2 atom stereocenters. The molecule has 2 unspecified atom stereocenters. The summed E-state index contributed by atoms with van der Waals surface area (Å²) >= 11 is 0. The highest BCUT2D eigenvalue weighted by Crippen LogP contribution is 2.50. The lowest BCUT2D eigenvalue weighted by Gasteiger charge is -2.25. The molecular weight excluding hydrogens is 454 g/mol. The molecule has 0 aromatic heterocycles. The number of ketones is 1. The van der Waals surface area contributed by atoms with Crippen molar-refractivity contribution in [1.29, 1.82) is 0 Å². The molecule has 9 heteroatoms. The second kappa shape index (κ2) is 11.4. The topological polar surface area (TPSA) is 116 Å². The van der Waals surface area contributed by atoms with E-state index >= 15 is 0 Å². The van der Waals surface area contributed by atoms with Crippen LogP contribution in [0.3, 0.4) is 0 Å². The number of benzene rings is 1. The smallest absolute Gasteiger partial charge is 0.328 e. The van der Waals surface area contributed by atoms with Crippen LogP contribution < -0.4 is 24.7 Å². The predicted molar refractivity (Wildman–Crippen MR) is 130 cm³/mol. The fourth-order valence-corrected chi connectivity index (χ4v) is 4.08. The van der Waals surface area contributed by atoms with Crippen molar-refractivity contribution in [3.05, 3.63) is 41.2 Å². The third-order valence-corrected chi connectivity index (χ3v) is 5.75. The average Bonchev–Trinajstić information content (AvgIpc) is 3.00. The minimum Gasteiger partial charge on any atom is -0.493 e. The largest absolute Gasteiger partial charge is 0.493 e. The van der Waals surface area contributed by atoms with E-state index in [1.807, 2.05) is 19.9 Å². The summed E-state index contributed by atoms with van der Waals surface area (Å²) < 4.78 is 33.5. The average molecular weight is 488 g/mol. The summed E-state index contributed by atoms with van der Waals surface area (Å²) in [4.78, 5) is 25.2. The summed E-state index contributed by atoms with van der Waals surface area (Å²) in [7, 11) is 6.03. The van der Waals surface area contributed by atoms with Crippen LogP contribution in [0.15, 0.2) is 35.6 Å². The number of carbonyl (C=O) groups is 2. The van der Waals surface area contributed by atoms with Gasteiger partial charge in [0.2, 0.25) is 11.5 Å². The van der Waals surface area contributed by atoms with Crippen LogP contribution in [0.4, 0.5) is 0 Å². The Kier molecular flexibility index (Phi) is 8.58. The number of hydrogen-bond acceptors (Lipinski definition) is 9. The lowest BCUT2D eigenvalue weighted by Crippen LogP contribution is -2.35. The second-order valence-electron chi connectivity index (χ2n) is 8.66. The number of rotatable bonds is 9. The van der Waals surface area contributed by atoms with Crippen molar-refractivity contribution in [2.24, 2.45) is 11.7 Å². The van der Waals surface area contributed by atoms with Crippen LogP contribution in [0.5, 0.6) is 23.0 Å². The second-order valence-corrected chi connectivity index (χ2v) is 8.66. The Labute approximate surface area is 205 Å². The third kappa shape index (κ3) is 5.68. The van der Waals surface area contributed by atoms with Gasteiger partial charge in [-0.3, -0.25) is 4.79 Å². The summed E-state index contributed by atoms with van der Waals surface area (Å²) in [5.41, 5.74) is 7.82. The molecule has 1 aliphatic heterocycles. The van der Waals surface area contributed by atoms with Gasteiger partial charge in [0.25, 0.3) is 0 Å². The predicted octanol–water partition coefficient (Wildman–Crippen LogP) is 3.20. The van der Waals surface area contributed by atoms with Crippen LogP contribution in [-0.2, 0) is 19.1 Å². The van der Waals surface area contributed by atoms with Crippen LogP contribution in [-0.4, -0.2) is 58.9 Å². The summed E-state index contributed by atoms with van der Waals surface area (Å²) in [6, 6.07) is 0.971. The van der Waals surface area contributed by atoms with Crippen molar-refractivity contribution in [2.45, 2.75) is 38.8 Å². The third-order valence-electron chi connectivity index (χ3n) is 5.75. The van der Waals surface area contributed by atoms with Crippen molar-refractivity contribution >= 4 is 17.3 Å². The molecule has 0 fully saturated rings. The molecule has 0 saturated heterocycles. The Balaban J connectivity index is 2.07. The van der Waals surface area contributed by atoms with E-state index in [-0.39, 0.29) is 18.3 Å². The SMILES string of the molecule is COc1cc2c(c(OC)c1OC)OCC(=O)C=C2C1=CCC(OC)C(OC(=O)C(N)CC(C)C)=C1. The Hall–Kier alpha value is -3.30. The van der Waals surface area contributed by atoms with Crippen molar-refractivity contribution in [3.63, 3.8) is 0 Å². The highest BCUT2D eigenvalue weighted by atomic mass is 16.6. The van der Waals surface area contributed by atoms with E-state index in [1.54, 1.807) is 19.3 Å². The number of carbonyl (C=O) groups excluding carboxylic acids is 2. The summed E-state index contributed by atoms with van der Waals surface area (Å²) in [5.74, 6) is 1.21. The number of ether oxygens (including phenoxy) is 6. The van der Waals surface area contributed by atoms with Crippen molar-refractivity contribution < 1.29 is 38.0 Å². The monoisotopic (exact) mass is 487 g/mol. The molecular formula is C26H33NO8. The number of esters is 1. The van der Waals surface area contributed by atoms with Gasteiger partial charge in [0, 0.05) is 12.7 Å². The van der Waals surface area contributed by atoms with Crippen LogP contribution in [0.2, 0.25) is 0 Å². The summed E-state index contributed by atoms with van der Waals surface area (Å²) in [5, 5.41) is 0. The van der Waals surface area contributed by atoms with Crippen molar-refractivity contribution in [3.8, 4) is 23.0 Å². The fraction of sp³-hybridized carbons (Fsp3) is 0.462. The van der Waals surface area contributed by atoms with Gasteiger partial charge in [-0.05, 0) is 48.1 Å². The van der Waals surface area contributed by atoms with Gasteiger partial charge in [-0.25, -0.2) is 4.79 Å². The standard InChI is InChI=1S/C26H33NO8/c1-14(2)9-19(27)26(29)35-21-10-15(7-8-20(21)30-3)17-11-16(28)13-34-23-18(17)12-22(31-4)24(32-5)25(23)33-6/h7,10-12,14,19-20H,8-9,13,27H2,1-6H3. The van der Waals surface area contributed by atoms with Crippen molar-refractivity contribution in [1.82, 2.24) is 0 Å². The summed E-state index contributed by atoms with van der Waals surface area (Å²) in [6.07, 6.45) is 5.56. The van der Waals surface area contributed by atoms with Gasteiger partial charge in [-0.15, -0.1) is 0 Å². The van der Waals surface area contributed by atoms with E-state index in [0.717, 1.165) is 0 Å². The molecule has 1 heterocycles. The van der Waals surface area contributed by atoms with Gasteiger partial charge in [0.1, 0.15) is 17.9 Å². The molecule has 2 aliphatic rings. The van der Waals surface area contributed by atoms with E-state index in [9.17, 15) is 9.59 Å². The van der Waals surface area contributed by atoms with Crippen LogP contribution >= 0.6 is 0 Å². The molecule has 2 N–H and O–H groups in total. The van der Waals surface area contributed by atoms with Crippen molar-refractivity contribution in [2.75, 3.05) is 35.0 Å². The molecule has 0 amide bonds. The zero-order valence-corrected chi connectivity index (χ0v) is 21.0. The number of fused-ring (bicyclic) bond motifs is 1. The van der Waals surface area contributed by atoms with E-state index in [2.05, 4.69) is 0 Å². The van der Waals surface area contributed by atoms with Gasteiger partial charge in [0.15, 0.2) is 23.9 Å². The molecule has 35 heavy (non-hydrogen) atoms. The van der Waals surface area contributed by atoms with E-state index in [1.165, 1.54) is 27.4 Å². The minimum absolute atomic E-state index is 0.175. The number of nitrogens with two attached hydrogens (primary N) is 1. The molecule has 0 radical (unpaired) electrons. The maximum Gasteiger partial charge on any atom is 0.328 e. The van der Waals surface area contributed by atoms with Gasteiger partial charge in [-0.2, -0.15) is 0 Å². The zero-order chi connectivity index (χ0) is 25.7. The fourth-order valence-electron chi connectivity index (χ4n) is 4.08. The first-order valence-electron chi connectivity index (χ1n) is 11.4. The first-order valence-corrected chi connectivity index (χ1v) is 11.4. The molecule has 3 rings (SSSR count). The normalized spacial score (nSPS) is 18.3. The molecule has 1 aliphatic carbocycles. The first kappa shape index (κ1) is 26.3. The molecule has 0 saturated carbocycles. The van der Waals surface area contributed by atoms with Crippen LogP contribution in [0.25, 0.3) is 5.57 Å². The molecule has 9 nitrogen and oxygen atoms in total. The van der Waals surface area contributed by atoms with Gasteiger partial charge >= 0.3 is 5.97 Å². The molecule has 1 aromatic rings. The van der Waals surface area contributed by atoms with Gasteiger partial charge < -0.3 is 34.2 Å². The highest BCUT2D eigenvalue weighted by Gasteiger charge is 2.31. The Morgan fingerprint density at radius 2 is 1.83 bits per heavy atom. The maximum atomic E-state index is 12.6. The van der Waals surface area contributed by atoms with E-state index in [0.29, 0.717) is 58.3 Å². The van der Waals surface area contributed by atoms with E-state index in [4.69, 9.17) is 34.2 Å². The lowest BCUT2D eigenvalue weighted by molar-refractivity contribution is -0.143. The van der Waals surface area contributed by atoms with Crippen LogP contribution in [0, 0.1) is 5.92 Å². The zero-order valence-electron chi connectivity index (χ0n) is 21.0. The minimum atomic E-state index is -0.753. The van der Waals surface area contributed by atoms with Gasteiger partial charge in [-0.1, -0.05) is 19.9 Å². The molecule has 0 spiro atoms. The number of hydrogen-bond donors (Lipinski definition) is 1. The number of allylic oxidation sites excluding steroid dienone is 3. The lowest BCUT2D eigenvalue weighted by atomic mass is 9.90. The van der Waals surface area contributed by atoms with Crippen LogP contribution in [0.1, 0.15) is 32.3 Å². The Bertz CT molecular complexity index is 1070. The Morgan fingerprint density at radius 3 is 2.43 bits per heavy atom. The quantitative estimate of drug-likeness (QED) is 0.524. The molecule has 1 aromatic carbocycles. The maximum absolute atomic E-state index is 12.6. The van der Waals surface area contributed by atoms with Gasteiger partial charge in [0.05, 0.1) is 21.3 Å².